The van der Waals surface area contributed by atoms with E-state index in [4.69, 9.17) is 0 Å². The van der Waals surface area contributed by atoms with Gasteiger partial charge in [-0.25, -0.2) is 0 Å². The van der Waals surface area contributed by atoms with E-state index in [1.54, 1.807) is 0 Å². The quantitative estimate of drug-likeness (QED) is 0.696. The molecule has 0 N–H and O–H groups in total. The molecule has 2 saturated carbocycles. The third-order valence-corrected chi connectivity index (χ3v) is 4.66. The Bertz CT molecular complexity index is 238. The maximum Gasteiger partial charge on any atom is 0.139 e. The Balaban J connectivity index is 1.83. The molecule has 1 heteroatoms. The molecule has 2 aliphatic rings. The van der Waals surface area contributed by atoms with Gasteiger partial charge in [0.05, 0.1) is 0 Å². The van der Waals surface area contributed by atoms with Crippen LogP contribution in [-0.4, -0.2) is 5.78 Å². The van der Waals surface area contributed by atoms with Crippen LogP contribution >= 0.6 is 0 Å². The van der Waals surface area contributed by atoms with Gasteiger partial charge in [-0.05, 0) is 43.9 Å². The predicted molar refractivity (Wildman–Crippen MR) is 67.3 cm³/mol. The zero-order valence-corrected chi connectivity index (χ0v) is 10.9. The molecule has 0 amide bonds. The zero-order valence-electron chi connectivity index (χ0n) is 10.9. The summed E-state index contributed by atoms with van der Waals surface area (Å²) in [6, 6.07) is 0. The molecule has 0 aromatic carbocycles. The molecular weight excluding hydrogens is 196 g/mol. The standard InChI is InChI=1S/C15H26O/c1-11(2)7-8-13-9-10-14(15(13)16)12-5-3-4-6-12/h11-14H,3-10H2,1-2H3. The average Bonchev–Trinajstić information content (AvgIpc) is 2.84. The number of carbonyl (C=O) groups excluding carboxylic acids is 1. The van der Waals surface area contributed by atoms with E-state index >= 15 is 0 Å². The molecule has 2 unspecified atom stereocenters. The Labute approximate surface area is 100.0 Å². The fraction of sp³-hybridized carbons (Fsp3) is 0.933. The van der Waals surface area contributed by atoms with Crippen LogP contribution in [0, 0.1) is 23.7 Å². The Morgan fingerprint density at radius 1 is 1.12 bits per heavy atom. The third kappa shape index (κ3) is 2.67. The minimum atomic E-state index is 0.424. The maximum atomic E-state index is 12.3. The van der Waals surface area contributed by atoms with Gasteiger partial charge in [0.25, 0.3) is 0 Å². The van der Waals surface area contributed by atoms with Gasteiger partial charge in [0, 0.05) is 11.8 Å². The molecule has 0 saturated heterocycles. The first-order valence-electron chi connectivity index (χ1n) is 7.22. The Hall–Kier alpha value is -0.330. The fourth-order valence-electron chi connectivity index (χ4n) is 3.62. The highest BCUT2D eigenvalue weighted by atomic mass is 16.1. The summed E-state index contributed by atoms with van der Waals surface area (Å²) in [4.78, 5) is 12.3. The smallest absolute Gasteiger partial charge is 0.139 e. The molecule has 16 heavy (non-hydrogen) atoms. The van der Waals surface area contributed by atoms with Gasteiger partial charge in [-0.1, -0.05) is 33.1 Å². The summed E-state index contributed by atoms with van der Waals surface area (Å²) in [5.74, 6) is 3.02. The number of hydrogen-bond acceptors (Lipinski definition) is 1. The van der Waals surface area contributed by atoms with Crippen LogP contribution < -0.4 is 0 Å². The van der Waals surface area contributed by atoms with Crippen molar-refractivity contribution in [2.75, 3.05) is 0 Å². The molecule has 0 aliphatic heterocycles. The van der Waals surface area contributed by atoms with Gasteiger partial charge >= 0.3 is 0 Å². The average molecular weight is 222 g/mol. The topological polar surface area (TPSA) is 17.1 Å². The van der Waals surface area contributed by atoms with Crippen LogP contribution in [0.15, 0.2) is 0 Å². The highest BCUT2D eigenvalue weighted by Gasteiger charge is 2.39. The van der Waals surface area contributed by atoms with E-state index in [0.717, 1.165) is 18.3 Å². The van der Waals surface area contributed by atoms with Crippen LogP contribution in [-0.2, 0) is 4.79 Å². The summed E-state index contributed by atoms with van der Waals surface area (Å²) in [5, 5.41) is 0. The molecule has 0 aromatic rings. The van der Waals surface area contributed by atoms with Gasteiger partial charge in [0.1, 0.15) is 5.78 Å². The predicted octanol–water partition coefficient (Wildman–Crippen LogP) is 4.21. The van der Waals surface area contributed by atoms with Crippen LogP contribution in [0.25, 0.3) is 0 Å². The lowest BCUT2D eigenvalue weighted by Gasteiger charge is -2.17. The maximum absolute atomic E-state index is 12.3. The van der Waals surface area contributed by atoms with Gasteiger partial charge < -0.3 is 0 Å². The normalized spacial score (nSPS) is 31.8. The number of hydrogen-bond donors (Lipinski definition) is 0. The first kappa shape index (κ1) is 12.1. The molecule has 1 nitrogen and oxygen atoms in total. The van der Waals surface area contributed by atoms with E-state index in [0.29, 0.717) is 17.6 Å². The van der Waals surface area contributed by atoms with E-state index in [9.17, 15) is 4.79 Å². The third-order valence-electron chi connectivity index (χ3n) is 4.66. The summed E-state index contributed by atoms with van der Waals surface area (Å²) >= 11 is 0. The number of carbonyl (C=O) groups is 1. The summed E-state index contributed by atoms with van der Waals surface area (Å²) in [6.07, 6.45) is 10.2. The van der Waals surface area contributed by atoms with Crippen molar-refractivity contribution in [1.29, 1.82) is 0 Å². The van der Waals surface area contributed by atoms with Crippen molar-refractivity contribution in [2.24, 2.45) is 23.7 Å². The van der Waals surface area contributed by atoms with Crippen LogP contribution in [0.2, 0.25) is 0 Å². The van der Waals surface area contributed by atoms with Crippen LogP contribution in [0.3, 0.4) is 0 Å². The van der Waals surface area contributed by atoms with Gasteiger partial charge in [-0.15, -0.1) is 0 Å². The van der Waals surface area contributed by atoms with Gasteiger partial charge in [-0.3, -0.25) is 4.79 Å². The van der Waals surface area contributed by atoms with E-state index in [2.05, 4.69) is 13.8 Å². The van der Waals surface area contributed by atoms with Crippen molar-refractivity contribution in [3.05, 3.63) is 0 Å². The van der Waals surface area contributed by atoms with Crippen molar-refractivity contribution in [3.63, 3.8) is 0 Å². The SMILES string of the molecule is CC(C)CCC1CCC(C2CCCC2)C1=O. The van der Waals surface area contributed by atoms with Crippen molar-refractivity contribution in [3.8, 4) is 0 Å². The van der Waals surface area contributed by atoms with Crippen LogP contribution in [0.1, 0.15) is 65.2 Å². The number of ketones is 1. The largest absolute Gasteiger partial charge is 0.299 e. The molecule has 0 heterocycles. The van der Waals surface area contributed by atoms with Crippen molar-refractivity contribution < 1.29 is 4.79 Å². The minimum absolute atomic E-state index is 0.424. The first-order valence-corrected chi connectivity index (χ1v) is 7.22. The van der Waals surface area contributed by atoms with E-state index in [-0.39, 0.29) is 0 Å². The second-order valence-electron chi connectivity index (χ2n) is 6.30. The molecule has 0 spiro atoms. The highest BCUT2D eigenvalue weighted by molar-refractivity contribution is 5.85. The van der Waals surface area contributed by atoms with Gasteiger partial charge in [0.2, 0.25) is 0 Å². The van der Waals surface area contributed by atoms with Crippen LogP contribution in [0.4, 0.5) is 0 Å². The highest BCUT2D eigenvalue weighted by Crippen LogP contribution is 2.41. The molecule has 0 bridgehead atoms. The summed E-state index contributed by atoms with van der Waals surface area (Å²) in [6.45, 7) is 4.52. The molecule has 2 atom stereocenters. The van der Waals surface area contributed by atoms with Crippen molar-refractivity contribution >= 4 is 5.78 Å². The molecular formula is C15H26O. The molecule has 0 radical (unpaired) electrons. The van der Waals surface area contributed by atoms with E-state index in [1.807, 2.05) is 0 Å². The Morgan fingerprint density at radius 2 is 1.81 bits per heavy atom. The lowest BCUT2D eigenvalue weighted by atomic mass is 9.86. The van der Waals surface area contributed by atoms with Crippen LogP contribution in [0.5, 0.6) is 0 Å². The lowest BCUT2D eigenvalue weighted by molar-refractivity contribution is -0.125. The number of rotatable bonds is 4. The molecule has 2 aliphatic carbocycles. The molecule has 2 rings (SSSR count). The van der Waals surface area contributed by atoms with Gasteiger partial charge in [0.15, 0.2) is 0 Å². The van der Waals surface area contributed by atoms with Crippen molar-refractivity contribution in [1.82, 2.24) is 0 Å². The zero-order chi connectivity index (χ0) is 11.5. The number of Topliss-reactive ketones (excluding diaryl/α,β-unsaturated/α-hetero) is 1. The van der Waals surface area contributed by atoms with Crippen molar-refractivity contribution in [2.45, 2.75) is 65.2 Å². The Kier molecular flexibility index (Phi) is 4.05. The monoisotopic (exact) mass is 222 g/mol. The molecule has 92 valence electrons. The summed E-state index contributed by atoms with van der Waals surface area (Å²) < 4.78 is 0. The molecule has 0 aromatic heterocycles. The second kappa shape index (κ2) is 5.33. The van der Waals surface area contributed by atoms with Gasteiger partial charge in [-0.2, -0.15) is 0 Å². The van der Waals surface area contributed by atoms with E-state index < -0.39 is 0 Å². The summed E-state index contributed by atoms with van der Waals surface area (Å²) in [5.41, 5.74) is 0. The Morgan fingerprint density at radius 3 is 2.44 bits per heavy atom. The second-order valence-corrected chi connectivity index (χ2v) is 6.30. The summed E-state index contributed by atoms with van der Waals surface area (Å²) in [7, 11) is 0. The minimum Gasteiger partial charge on any atom is -0.299 e. The lowest BCUT2D eigenvalue weighted by Crippen LogP contribution is -2.20. The molecule has 2 fully saturated rings. The first-order chi connectivity index (χ1) is 7.68. The van der Waals surface area contributed by atoms with E-state index in [1.165, 1.54) is 44.9 Å². The fourth-order valence-corrected chi connectivity index (χ4v) is 3.62.